The first-order chi connectivity index (χ1) is 8.65. The van der Waals surface area contributed by atoms with Crippen molar-refractivity contribution in [1.29, 1.82) is 0 Å². The van der Waals surface area contributed by atoms with Crippen molar-refractivity contribution in [2.75, 3.05) is 6.54 Å². The number of benzene rings is 1. The number of nitrogens with one attached hydrogen (secondary N) is 1. The van der Waals surface area contributed by atoms with Crippen LogP contribution in [-0.2, 0) is 0 Å². The monoisotopic (exact) mass is 265 g/mol. The Hall–Kier alpha value is -1.46. The van der Waals surface area contributed by atoms with Crippen LogP contribution in [0.5, 0.6) is 0 Å². The lowest BCUT2D eigenvalue weighted by Crippen LogP contribution is -2.22. The van der Waals surface area contributed by atoms with Crippen molar-refractivity contribution in [2.24, 2.45) is 0 Å². The minimum atomic E-state index is 0.0701. The maximum Gasteiger partial charge on any atom is 0.173 e. The van der Waals surface area contributed by atoms with Gasteiger partial charge < -0.3 is 5.32 Å². The SMILES string of the molecule is CCNC(C)c1nnnn1-c1c(C)cccc1Cl. The Morgan fingerprint density at radius 3 is 2.89 bits per heavy atom. The summed E-state index contributed by atoms with van der Waals surface area (Å²) in [5.41, 5.74) is 1.88. The summed E-state index contributed by atoms with van der Waals surface area (Å²) < 4.78 is 1.70. The molecule has 0 aliphatic rings. The van der Waals surface area contributed by atoms with E-state index in [2.05, 4.69) is 20.8 Å². The highest BCUT2D eigenvalue weighted by Gasteiger charge is 2.17. The lowest BCUT2D eigenvalue weighted by Gasteiger charge is -2.14. The molecule has 0 spiro atoms. The lowest BCUT2D eigenvalue weighted by atomic mass is 10.2. The molecule has 0 aliphatic carbocycles. The maximum absolute atomic E-state index is 6.24. The Balaban J connectivity index is 2.49. The maximum atomic E-state index is 6.24. The number of hydrogen-bond acceptors (Lipinski definition) is 4. The van der Waals surface area contributed by atoms with E-state index >= 15 is 0 Å². The first-order valence-corrected chi connectivity index (χ1v) is 6.30. The van der Waals surface area contributed by atoms with E-state index in [-0.39, 0.29) is 6.04 Å². The molecule has 1 aromatic carbocycles. The molecule has 0 radical (unpaired) electrons. The summed E-state index contributed by atoms with van der Waals surface area (Å²) in [6.45, 7) is 6.92. The standard InChI is InChI=1S/C12H16ClN5/c1-4-14-9(3)12-15-16-17-18(12)11-8(2)6-5-7-10(11)13/h5-7,9,14H,4H2,1-3H3. The van der Waals surface area contributed by atoms with Crippen LogP contribution in [0.1, 0.15) is 31.3 Å². The second-order valence-corrected chi connectivity index (χ2v) is 4.54. The highest BCUT2D eigenvalue weighted by atomic mass is 35.5. The second kappa shape index (κ2) is 5.46. The Kier molecular flexibility index (Phi) is 3.93. The molecule has 0 amide bonds. The van der Waals surface area contributed by atoms with Crippen LogP contribution in [0.25, 0.3) is 5.69 Å². The molecule has 2 aromatic rings. The van der Waals surface area contributed by atoms with Crippen LogP contribution in [0.2, 0.25) is 5.02 Å². The molecule has 0 saturated heterocycles. The van der Waals surface area contributed by atoms with Crippen molar-refractivity contribution >= 4 is 11.6 Å². The molecule has 0 bridgehead atoms. The van der Waals surface area contributed by atoms with E-state index in [1.165, 1.54) is 0 Å². The summed E-state index contributed by atoms with van der Waals surface area (Å²) in [5, 5.41) is 15.8. The van der Waals surface area contributed by atoms with Crippen molar-refractivity contribution in [3.8, 4) is 5.69 Å². The molecule has 0 fully saturated rings. The molecule has 6 heteroatoms. The highest BCUT2D eigenvalue weighted by Crippen LogP contribution is 2.25. The quantitative estimate of drug-likeness (QED) is 0.922. The summed E-state index contributed by atoms with van der Waals surface area (Å²) in [6.07, 6.45) is 0. The van der Waals surface area contributed by atoms with Crippen LogP contribution in [0.15, 0.2) is 18.2 Å². The Labute approximate surface area is 111 Å². The molecular weight excluding hydrogens is 250 g/mol. The summed E-state index contributed by atoms with van der Waals surface area (Å²) in [7, 11) is 0. The first-order valence-electron chi connectivity index (χ1n) is 5.92. The van der Waals surface area contributed by atoms with E-state index in [1.807, 2.05) is 39.0 Å². The van der Waals surface area contributed by atoms with Crippen molar-refractivity contribution in [3.05, 3.63) is 34.6 Å². The van der Waals surface area contributed by atoms with Gasteiger partial charge in [0.15, 0.2) is 5.82 Å². The van der Waals surface area contributed by atoms with Crippen molar-refractivity contribution in [2.45, 2.75) is 26.8 Å². The van der Waals surface area contributed by atoms with Gasteiger partial charge in [0.1, 0.15) is 0 Å². The predicted octanol–water partition coefficient (Wildman–Crippen LogP) is 2.29. The van der Waals surface area contributed by atoms with Crippen LogP contribution in [0.3, 0.4) is 0 Å². The Morgan fingerprint density at radius 2 is 2.22 bits per heavy atom. The van der Waals surface area contributed by atoms with Gasteiger partial charge in [-0.3, -0.25) is 0 Å². The van der Waals surface area contributed by atoms with Gasteiger partial charge in [-0.05, 0) is 42.4 Å². The minimum Gasteiger partial charge on any atom is -0.308 e. The normalized spacial score (nSPS) is 12.7. The average molecular weight is 266 g/mol. The van der Waals surface area contributed by atoms with Gasteiger partial charge in [0, 0.05) is 0 Å². The first kappa shape index (κ1) is 13.0. The summed E-state index contributed by atoms with van der Waals surface area (Å²) in [6, 6.07) is 5.82. The number of nitrogens with zero attached hydrogens (tertiary/aromatic N) is 4. The zero-order chi connectivity index (χ0) is 13.1. The Morgan fingerprint density at radius 1 is 1.44 bits per heavy atom. The summed E-state index contributed by atoms with van der Waals surface area (Å²) in [5.74, 6) is 0.757. The van der Waals surface area contributed by atoms with E-state index in [0.717, 1.165) is 23.6 Å². The van der Waals surface area contributed by atoms with Gasteiger partial charge in [0.2, 0.25) is 0 Å². The molecule has 2 rings (SSSR count). The van der Waals surface area contributed by atoms with Gasteiger partial charge in [-0.15, -0.1) is 5.10 Å². The van der Waals surface area contributed by atoms with Gasteiger partial charge in [-0.25, -0.2) is 0 Å². The zero-order valence-corrected chi connectivity index (χ0v) is 11.4. The van der Waals surface area contributed by atoms with E-state index in [1.54, 1.807) is 4.68 Å². The zero-order valence-electron chi connectivity index (χ0n) is 10.7. The molecule has 1 unspecified atom stereocenters. The molecule has 0 saturated carbocycles. The largest absolute Gasteiger partial charge is 0.308 e. The van der Waals surface area contributed by atoms with E-state index in [0.29, 0.717) is 5.02 Å². The van der Waals surface area contributed by atoms with Gasteiger partial charge in [0.25, 0.3) is 0 Å². The molecule has 0 aliphatic heterocycles. The van der Waals surface area contributed by atoms with Gasteiger partial charge in [0.05, 0.1) is 16.8 Å². The average Bonchev–Trinajstić information content (AvgIpc) is 2.78. The smallest absolute Gasteiger partial charge is 0.173 e. The number of aryl methyl sites for hydroxylation is 1. The molecule has 1 heterocycles. The van der Waals surface area contributed by atoms with Crippen LogP contribution in [-0.4, -0.2) is 26.8 Å². The number of para-hydroxylation sites is 1. The second-order valence-electron chi connectivity index (χ2n) is 4.13. The van der Waals surface area contributed by atoms with Crippen LogP contribution < -0.4 is 5.32 Å². The number of halogens is 1. The van der Waals surface area contributed by atoms with E-state index < -0.39 is 0 Å². The molecule has 18 heavy (non-hydrogen) atoms. The molecular formula is C12H16ClN5. The van der Waals surface area contributed by atoms with Crippen molar-refractivity contribution in [1.82, 2.24) is 25.5 Å². The summed E-state index contributed by atoms with van der Waals surface area (Å²) in [4.78, 5) is 0. The fourth-order valence-corrected chi connectivity index (χ4v) is 2.21. The third kappa shape index (κ3) is 2.37. The number of tetrazole rings is 1. The van der Waals surface area contributed by atoms with Gasteiger partial charge >= 0.3 is 0 Å². The van der Waals surface area contributed by atoms with Gasteiger partial charge in [-0.2, -0.15) is 4.68 Å². The summed E-state index contributed by atoms with van der Waals surface area (Å²) >= 11 is 6.24. The Bertz CT molecular complexity index is 517. The minimum absolute atomic E-state index is 0.0701. The fraction of sp³-hybridized carbons (Fsp3) is 0.417. The lowest BCUT2D eigenvalue weighted by molar-refractivity contribution is 0.550. The molecule has 1 atom stereocenters. The number of hydrogen-bond donors (Lipinski definition) is 1. The molecule has 5 nitrogen and oxygen atoms in total. The highest BCUT2D eigenvalue weighted by molar-refractivity contribution is 6.32. The fourth-order valence-electron chi connectivity index (χ4n) is 1.91. The van der Waals surface area contributed by atoms with Crippen LogP contribution >= 0.6 is 11.6 Å². The van der Waals surface area contributed by atoms with E-state index in [4.69, 9.17) is 11.6 Å². The third-order valence-corrected chi connectivity index (χ3v) is 3.10. The third-order valence-electron chi connectivity index (χ3n) is 2.79. The van der Waals surface area contributed by atoms with Crippen molar-refractivity contribution in [3.63, 3.8) is 0 Å². The number of aromatic nitrogens is 4. The van der Waals surface area contributed by atoms with Crippen LogP contribution in [0, 0.1) is 6.92 Å². The number of rotatable bonds is 4. The molecule has 1 N–H and O–H groups in total. The predicted molar refractivity (Wildman–Crippen MR) is 71.0 cm³/mol. The topological polar surface area (TPSA) is 55.6 Å². The van der Waals surface area contributed by atoms with Gasteiger partial charge in [-0.1, -0.05) is 30.7 Å². The molecule has 1 aromatic heterocycles. The van der Waals surface area contributed by atoms with Crippen molar-refractivity contribution < 1.29 is 0 Å². The molecule has 96 valence electrons. The van der Waals surface area contributed by atoms with E-state index in [9.17, 15) is 0 Å². The van der Waals surface area contributed by atoms with Crippen LogP contribution in [0.4, 0.5) is 0 Å².